The highest BCUT2D eigenvalue weighted by Crippen LogP contribution is 2.28. The molecule has 2 aromatic rings. The quantitative estimate of drug-likeness (QED) is 0.686. The van der Waals surface area contributed by atoms with E-state index in [9.17, 15) is 9.59 Å². The van der Waals surface area contributed by atoms with Gasteiger partial charge < -0.3 is 19.7 Å². The molecule has 1 aliphatic heterocycles. The van der Waals surface area contributed by atoms with Gasteiger partial charge in [0.25, 0.3) is 0 Å². The normalized spacial score (nSPS) is 13.6. The lowest BCUT2D eigenvalue weighted by Gasteiger charge is -2.16. The standard InChI is InChI=1S/C22H26N4O4.ClH/c1-25-13-17-9-15(11-23-22(17)24-20(27)14-25)6-8-21(28)26(2)12-16-5-7-18(29-3)19(10-16)30-4;/h5-11H,12-14H2,1-4H3,(H,23,24,27);1H. The van der Waals surface area contributed by atoms with Crippen LogP contribution in [0.4, 0.5) is 5.82 Å². The van der Waals surface area contributed by atoms with Gasteiger partial charge in [-0.1, -0.05) is 6.07 Å². The third-order valence-electron chi connectivity index (χ3n) is 4.76. The van der Waals surface area contributed by atoms with Gasteiger partial charge in [-0.25, -0.2) is 4.98 Å². The first-order chi connectivity index (χ1) is 14.4. The average Bonchev–Trinajstić information content (AvgIpc) is 2.87. The molecule has 1 aliphatic rings. The Morgan fingerprint density at radius 1 is 1.23 bits per heavy atom. The van der Waals surface area contributed by atoms with Crippen molar-refractivity contribution >= 4 is 36.1 Å². The Morgan fingerprint density at radius 3 is 2.68 bits per heavy atom. The summed E-state index contributed by atoms with van der Waals surface area (Å²) < 4.78 is 10.6. The number of fused-ring (bicyclic) bond motifs is 1. The molecule has 166 valence electrons. The van der Waals surface area contributed by atoms with Gasteiger partial charge in [0.05, 0.1) is 20.8 Å². The zero-order valence-corrected chi connectivity index (χ0v) is 18.9. The van der Waals surface area contributed by atoms with Crippen LogP contribution in [0.3, 0.4) is 0 Å². The molecule has 8 nitrogen and oxygen atoms in total. The van der Waals surface area contributed by atoms with Gasteiger partial charge in [0, 0.05) is 38.0 Å². The molecule has 2 amide bonds. The summed E-state index contributed by atoms with van der Waals surface area (Å²) in [7, 11) is 6.78. The largest absolute Gasteiger partial charge is 0.493 e. The summed E-state index contributed by atoms with van der Waals surface area (Å²) in [5.74, 6) is 1.62. The number of hydrogen-bond donors (Lipinski definition) is 1. The fourth-order valence-corrected chi connectivity index (χ4v) is 3.24. The predicted octanol–water partition coefficient (Wildman–Crippen LogP) is 2.58. The molecule has 1 N–H and O–H groups in total. The lowest BCUT2D eigenvalue weighted by molar-refractivity contribution is -0.125. The number of anilines is 1. The summed E-state index contributed by atoms with van der Waals surface area (Å²) >= 11 is 0. The molecule has 31 heavy (non-hydrogen) atoms. The first-order valence-corrected chi connectivity index (χ1v) is 9.51. The van der Waals surface area contributed by atoms with Crippen molar-refractivity contribution in [2.45, 2.75) is 13.1 Å². The van der Waals surface area contributed by atoms with Gasteiger partial charge >= 0.3 is 0 Å². The molecule has 0 radical (unpaired) electrons. The van der Waals surface area contributed by atoms with Crippen molar-refractivity contribution in [1.29, 1.82) is 0 Å². The third kappa shape index (κ3) is 6.19. The summed E-state index contributed by atoms with van der Waals surface area (Å²) in [5, 5.41) is 2.80. The van der Waals surface area contributed by atoms with Crippen LogP contribution in [-0.4, -0.2) is 61.5 Å². The van der Waals surface area contributed by atoms with Gasteiger partial charge in [-0.2, -0.15) is 0 Å². The number of benzene rings is 1. The number of carbonyl (C=O) groups excluding carboxylic acids is 2. The van der Waals surface area contributed by atoms with E-state index in [1.165, 1.54) is 6.08 Å². The number of aromatic nitrogens is 1. The van der Waals surface area contributed by atoms with E-state index in [4.69, 9.17) is 9.47 Å². The number of nitrogens with zero attached hydrogens (tertiary/aromatic N) is 3. The maximum atomic E-state index is 12.5. The van der Waals surface area contributed by atoms with E-state index in [-0.39, 0.29) is 24.2 Å². The molecule has 0 aliphatic carbocycles. The summed E-state index contributed by atoms with van der Waals surface area (Å²) in [6.45, 7) is 1.36. The molecule has 0 unspecified atom stereocenters. The average molecular weight is 447 g/mol. The Labute approximate surface area is 188 Å². The summed E-state index contributed by atoms with van der Waals surface area (Å²) in [6.07, 6.45) is 4.89. The fourth-order valence-electron chi connectivity index (χ4n) is 3.24. The molecule has 2 heterocycles. The van der Waals surface area contributed by atoms with Crippen LogP contribution in [0.5, 0.6) is 11.5 Å². The van der Waals surface area contributed by atoms with Crippen molar-refractivity contribution in [3.8, 4) is 11.5 Å². The molecule has 0 fully saturated rings. The highest BCUT2D eigenvalue weighted by molar-refractivity contribution is 5.93. The van der Waals surface area contributed by atoms with Crippen molar-refractivity contribution in [3.63, 3.8) is 0 Å². The van der Waals surface area contributed by atoms with Crippen LogP contribution in [0, 0.1) is 0 Å². The number of pyridine rings is 1. The van der Waals surface area contributed by atoms with Crippen LogP contribution in [0.2, 0.25) is 0 Å². The van der Waals surface area contributed by atoms with Crippen LogP contribution in [0.1, 0.15) is 16.7 Å². The lowest BCUT2D eigenvalue weighted by Crippen LogP contribution is -2.26. The Balaban J connectivity index is 0.00000341. The van der Waals surface area contributed by atoms with Gasteiger partial charge in [-0.3, -0.25) is 14.5 Å². The number of ether oxygens (including phenoxy) is 2. The van der Waals surface area contributed by atoms with Crippen LogP contribution in [0.15, 0.2) is 36.5 Å². The number of amides is 2. The molecule has 9 heteroatoms. The van der Waals surface area contributed by atoms with E-state index < -0.39 is 0 Å². The number of likely N-dealkylation sites (N-methyl/N-ethyl adjacent to an activating group) is 2. The van der Waals surface area contributed by atoms with Crippen LogP contribution in [-0.2, 0) is 22.7 Å². The molecule has 0 bridgehead atoms. The highest BCUT2D eigenvalue weighted by atomic mass is 35.5. The second-order valence-electron chi connectivity index (χ2n) is 7.21. The molecule has 1 aromatic carbocycles. The van der Waals surface area contributed by atoms with Crippen molar-refractivity contribution < 1.29 is 19.1 Å². The Hall–Kier alpha value is -3.10. The van der Waals surface area contributed by atoms with E-state index in [2.05, 4.69) is 10.3 Å². The molecule has 0 atom stereocenters. The number of rotatable bonds is 6. The monoisotopic (exact) mass is 446 g/mol. The van der Waals surface area contributed by atoms with E-state index >= 15 is 0 Å². The summed E-state index contributed by atoms with van der Waals surface area (Å²) in [4.78, 5) is 32.2. The zero-order chi connectivity index (χ0) is 21.7. The topological polar surface area (TPSA) is 84.0 Å². The van der Waals surface area contributed by atoms with E-state index in [1.807, 2.05) is 36.2 Å². The van der Waals surface area contributed by atoms with E-state index in [0.29, 0.717) is 37.0 Å². The number of halogens is 1. The van der Waals surface area contributed by atoms with Gasteiger partial charge in [0.1, 0.15) is 5.82 Å². The highest BCUT2D eigenvalue weighted by Gasteiger charge is 2.17. The summed E-state index contributed by atoms with van der Waals surface area (Å²) in [6, 6.07) is 7.51. The van der Waals surface area contributed by atoms with Crippen molar-refractivity contribution in [2.75, 3.05) is 40.2 Å². The van der Waals surface area contributed by atoms with Crippen molar-refractivity contribution in [2.24, 2.45) is 0 Å². The van der Waals surface area contributed by atoms with E-state index in [1.54, 1.807) is 38.4 Å². The molecule has 1 aromatic heterocycles. The number of methoxy groups -OCH3 is 2. The smallest absolute Gasteiger partial charge is 0.246 e. The third-order valence-corrected chi connectivity index (χ3v) is 4.76. The minimum absolute atomic E-state index is 0. The Morgan fingerprint density at radius 2 is 1.97 bits per heavy atom. The number of hydrogen-bond acceptors (Lipinski definition) is 6. The zero-order valence-electron chi connectivity index (χ0n) is 18.0. The Kier molecular flexibility index (Phi) is 8.41. The number of carbonyl (C=O) groups is 2. The predicted molar refractivity (Wildman–Crippen MR) is 122 cm³/mol. The summed E-state index contributed by atoms with van der Waals surface area (Å²) in [5.41, 5.74) is 2.64. The molecule has 0 saturated heterocycles. The fraction of sp³-hybridized carbons (Fsp3) is 0.318. The van der Waals surface area contributed by atoms with Crippen molar-refractivity contribution in [1.82, 2.24) is 14.8 Å². The number of nitrogens with one attached hydrogen (secondary N) is 1. The molecule has 0 spiro atoms. The van der Waals surface area contributed by atoms with Crippen LogP contribution in [0.25, 0.3) is 6.08 Å². The lowest BCUT2D eigenvalue weighted by atomic mass is 10.1. The second kappa shape index (κ2) is 10.8. The van der Waals surface area contributed by atoms with Gasteiger partial charge in [0.15, 0.2) is 11.5 Å². The maximum absolute atomic E-state index is 12.5. The molecular weight excluding hydrogens is 420 g/mol. The second-order valence-corrected chi connectivity index (χ2v) is 7.21. The maximum Gasteiger partial charge on any atom is 0.246 e. The van der Waals surface area contributed by atoms with Gasteiger partial charge in [0.2, 0.25) is 11.8 Å². The molecule has 0 saturated carbocycles. The van der Waals surface area contributed by atoms with E-state index in [0.717, 1.165) is 16.7 Å². The molecule has 3 rings (SSSR count). The van der Waals surface area contributed by atoms with Crippen LogP contribution >= 0.6 is 12.4 Å². The van der Waals surface area contributed by atoms with Gasteiger partial charge in [-0.15, -0.1) is 12.4 Å². The Bertz CT molecular complexity index is 980. The van der Waals surface area contributed by atoms with Gasteiger partial charge in [-0.05, 0) is 42.4 Å². The van der Waals surface area contributed by atoms with Crippen LogP contribution < -0.4 is 14.8 Å². The molecular formula is C22H27ClN4O4. The minimum Gasteiger partial charge on any atom is -0.493 e. The van der Waals surface area contributed by atoms with Crippen molar-refractivity contribution in [3.05, 3.63) is 53.2 Å². The first kappa shape index (κ1) is 24.2. The minimum atomic E-state index is -0.134. The first-order valence-electron chi connectivity index (χ1n) is 9.51. The SMILES string of the molecule is COc1ccc(CN(C)C(=O)C=Cc2cnc3c(c2)CN(C)CC(=O)N3)cc1OC.Cl.